The van der Waals surface area contributed by atoms with Crippen LogP contribution in [0.1, 0.15) is 0 Å². The highest BCUT2D eigenvalue weighted by molar-refractivity contribution is 6.32. The standard InChI is InChI=1S/C11H6ClN7/c12-9-11-17-16-10(18(11)3-2-14-9)7-5-15-19-4-1-13-6-8(7)19/h1-6H. The Balaban J connectivity index is 2.07. The average Bonchev–Trinajstić information content (AvgIpc) is 3.02. The van der Waals surface area contributed by atoms with E-state index in [0.29, 0.717) is 16.6 Å². The molecule has 0 aliphatic carbocycles. The van der Waals surface area contributed by atoms with Crippen LogP contribution in [0.2, 0.25) is 5.15 Å². The van der Waals surface area contributed by atoms with Gasteiger partial charge in [0.15, 0.2) is 16.6 Å². The molecule has 0 amide bonds. The van der Waals surface area contributed by atoms with Crippen LogP contribution >= 0.6 is 11.6 Å². The van der Waals surface area contributed by atoms with Crippen molar-refractivity contribution in [3.8, 4) is 11.4 Å². The molecule has 4 heterocycles. The van der Waals surface area contributed by atoms with Gasteiger partial charge in [-0.1, -0.05) is 11.6 Å². The Bertz CT molecular complexity index is 894. The molecule has 92 valence electrons. The van der Waals surface area contributed by atoms with E-state index in [-0.39, 0.29) is 0 Å². The first-order chi connectivity index (χ1) is 9.34. The van der Waals surface area contributed by atoms with Crippen LogP contribution in [0, 0.1) is 0 Å². The van der Waals surface area contributed by atoms with E-state index in [0.717, 1.165) is 11.1 Å². The van der Waals surface area contributed by atoms with E-state index >= 15 is 0 Å². The normalized spacial score (nSPS) is 11.4. The second-order valence-electron chi connectivity index (χ2n) is 3.90. The molecule has 4 aromatic rings. The van der Waals surface area contributed by atoms with Crippen LogP contribution < -0.4 is 0 Å². The molecule has 19 heavy (non-hydrogen) atoms. The Morgan fingerprint density at radius 1 is 1.05 bits per heavy atom. The van der Waals surface area contributed by atoms with Crippen LogP contribution in [0.25, 0.3) is 22.6 Å². The molecule has 4 rings (SSSR count). The van der Waals surface area contributed by atoms with Gasteiger partial charge in [-0.05, 0) is 0 Å². The molecular weight excluding hydrogens is 266 g/mol. The molecule has 0 bridgehead atoms. The highest BCUT2D eigenvalue weighted by Gasteiger charge is 2.14. The summed E-state index contributed by atoms with van der Waals surface area (Å²) >= 11 is 5.98. The molecule has 0 N–H and O–H groups in total. The monoisotopic (exact) mass is 271 g/mol. The fourth-order valence-electron chi connectivity index (χ4n) is 1.99. The fourth-order valence-corrected chi connectivity index (χ4v) is 2.17. The predicted molar refractivity (Wildman–Crippen MR) is 67.8 cm³/mol. The van der Waals surface area contributed by atoms with Crippen molar-refractivity contribution < 1.29 is 0 Å². The molecular formula is C11H6ClN7. The minimum Gasteiger partial charge on any atom is -0.278 e. The first kappa shape index (κ1) is 10.4. The summed E-state index contributed by atoms with van der Waals surface area (Å²) in [6.07, 6.45) is 10.3. The molecule has 0 saturated carbocycles. The van der Waals surface area contributed by atoms with Crippen molar-refractivity contribution in [3.05, 3.63) is 42.3 Å². The molecule has 7 nitrogen and oxygen atoms in total. The average molecular weight is 272 g/mol. The number of halogens is 1. The van der Waals surface area contributed by atoms with E-state index in [2.05, 4.69) is 25.3 Å². The Labute approximate surface area is 111 Å². The zero-order valence-corrected chi connectivity index (χ0v) is 10.2. The van der Waals surface area contributed by atoms with Crippen LogP contribution in [0.4, 0.5) is 0 Å². The SMILES string of the molecule is Clc1nccn2c(-c3cnn4ccncc34)nnc12. The van der Waals surface area contributed by atoms with E-state index in [1.165, 1.54) is 0 Å². The highest BCUT2D eigenvalue weighted by atomic mass is 35.5. The summed E-state index contributed by atoms with van der Waals surface area (Å²) in [5.74, 6) is 0.655. The Kier molecular flexibility index (Phi) is 2.04. The predicted octanol–water partition coefficient (Wildman–Crippen LogP) is 1.49. The van der Waals surface area contributed by atoms with Crippen molar-refractivity contribution in [3.63, 3.8) is 0 Å². The van der Waals surface area contributed by atoms with E-state index in [1.807, 2.05) is 0 Å². The Morgan fingerprint density at radius 3 is 2.95 bits per heavy atom. The molecule has 8 heteroatoms. The number of nitrogens with zero attached hydrogens (tertiary/aromatic N) is 7. The van der Waals surface area contributed by atoms with Crippen molar-refractivity contribution in [1.82, 2.24) is 34.2 Å². The molecule has 0 spiro atoms. The fraction of sp³-hybridized carbons (Fsp3) is 0. The van der Waals surface area contributed by atoms with Crippen molar-refractivity contribution in [1.29, 1.82) is 0 Å². The van der Waals surface area contributed by atoms with E-state index in [4.69, 9.17) is 11.6 Å². The van der Waals surface area contributed by atoms with Crippen molar-refractivity contribution in [2.45, 2.75) is 0 Å². The van der Waals surface area contributed by atoms with Gasteiger partial charge in [0.25, 0.3) is 0 Å². The van der Waals surface area contributed by atoms with Gasteiger partial charge >= 0.3 is 0 Å². The maximum atomic E-state index is 5.98. The molecule has 0 fully saturated rings. The molecule has 0 saturated heterocycles. The van der Waals surface area contributed by atoms with Crippen LogP contribution in [-0.2, 0) is 0 Å². The van der Waals surface area contributed by atoms with Crippen molar-refractivity contribution >= 4 is 22.8 Å². The molecule has 0 aliphatic rings. The lowest BCUT2D eigenvalue weighted by molar-refractivity contribution is 0.946. The summed E-state index contributed by atoms with van der Waals surface area (Å²) in [7, 11) is 0. The Morgan fingerprint density at radius 2 is 2.00 bits per heavy atom. The smallest absolute Gasteiger partial charge is 0.198 e. The van der Waals surface area contributed by atoms with Gasteiger partial charge < -0.3 is 0 Å². The zero-order chi connectivity index (χ0) is 12.8. The molecule has 0 aliphatic heterocycles. The quantitative estimate of drug-likeness (QED) is 0.524. The molecule has 0 radical (unpaired) electrons. The van der Waals surface area contributed by atoms with Crippen LogP contribution in [-0.4, -0.2) is 34.2 Å². The van der Waals surface area contributed by atoms with Crippen LogP contribution in [0.5, 0.6) is 0 Å². The van der Waals surface area contributed by atoms with E-state index in [9.17, 15) is 0 Å². The second kappa shape index (κ2) is 3.72. The number of hydrogen-bond acceptors (Lipinski definition) is 5. The van der Waals surface area contributed by atoms with Crippen LogP contribution in [0.15, 0.2) is 37.2 Å². The number of aromatic nitrogens is 7. The van der Waals surface area contributed by atoms with Gasteiger partial charge in [0.1, 0.15) is 0 Å². The van der Waals surface area contributed by atoms with Gasteiger partial charge in [-0.3, -0.25) is 9.38 Å². The minimum absolute atomic E-state index is 0.316. The molecule has 0 aromatic carbocycles. The number of hydrogen-bond donors (Lipinski definition) is 0. The number of rotatable bonds is 1. The van der Waals surface area contributed by atoms with Gasteiger partial charge in [0.05, 0.1) is 23.5 Å². The second-order valence-corrected chi connectivity index (χ2v) is 4.26. The summed E-state index contributed by atoms with van der Waals surface area (Å²) in [5, 5.41) is 12.8. The lowest BCUT2D eigenvalue weighted by Crippen LogP contribution is -1.91. The molecule has 0 atom stereocenters. The number of fused-ring (bicyclic) bond motifs is 2. The maximum Gasteiger partial charge on any atom is 0.198 e. The van der Waals surface area contributed by atoms with E-state index in [1.54, 1.807) is 46.1 Å². The maximum absolute atomic E-state index is 5.98. The highest BCUT2D eigenvalue weighted by Crippen LogP contribution is 2.24. The zero-order valence-electron chi connectivity index (χ0n) is 9.47. The Hall–Kier alpha value is -2.54. The summed E-state index contributed by atoms with van der Waals surface area (Å²) < 4.78 is 3.51. The topological polar surface area (TPSA) is 73.3 Å². The van der Waals surface area contributed by atoms with E-state index < -0.39 is 0 Å². The lowest BCUT2D eigenvalue weighted by atomic mass is 10.3. The minimum atomic E-state index is 0.316. The summed E-state index contributed by atoms with van der Waals surface area (Å²) in [4.78, 5) is 8.07. The largest absolute Gasteiger partial charge is 0.278 e. The van der Waals surface area contributed by atoms with Gasteiger partial charge in [-0.15, -0.1) is 10.2 Å². The van der Waals surface area contributed by atoms with Crippen molar-refractivity contribution in [2.24, 2.45) is 0 Å². The summed E-state index contributed by atoms with van der Waals surface area (Å²) in [6, 6.07) is 0. The third-order valence-corrected chi connectivity index (χ3v) is 3.12. The molecule has 0 unspecified atom stereocenters. The molecule has 4 aromatic heterocycles. The third kappa shape index (κ3) is 1.42. The van der Waals surface area contributed by atoms with Crippen molar-refractivity contribution in [2.75, 3.05) is 0 Å². The van der Waals surface area contributed by atoms with Gasteiger partial charge in [0, 0.05) is 24.8 Å². The van der Waals surface area contributed by atoms with Gasteiger partial charge in [-0.2, -0.15) is 5.10 Å². The first-order valence-electron chi connectivity index (χ1n) is 5.47. The first-order valence-corrected chi connectivity index (χ1v) is 5.85. The van der Waals surface area contributed by atoms with Crippen LogP contribution in [0.3, 0.4) is 0 Å². The lowest BCUT2D eigenvalue weighted by Gasteiger charge is -1.98. The van der Waals surface area contributed by atoms with Gasteiger partial charge in [-0.25, -0.2) is 9.50 Å². The summed E-state index contributed by atoms with van der Waals surface area (Å²) in [6.45, 7) is 0. The third-order valence-electron chi connectivity index (χ3n) is 2.85. The van der Waals surface area contributed by atoms with Gasteiger partial charge in [0.2, 0.25) is 0 Å². The summed E-state index contributed by atoms with van der Waals surface area (Å²) in [5.41, 5.74) is 2.20.